The van der Waals surface area contributed by atoms with Gasteiger partial charge in [0, 0.05) is 17.0 Å². The highest BCUT2D eigenvalue weighted by molar-refractivity contribution is 6.30. The second-order valence-electron chi connectivity index (χ2n) is 7.29. The second-order valence-corrected chi connectivity index (χ2v) is 7.73. The molecule has 2 fully saturated rings. The van der Waals surface area contributed by atoms with Crippen LogP contribution in [0.1, 0.15) is 78.7 Å². The van der Waals surface area contributed by atoms with Crippen LogP contribution in [0.25, 0.3) is 0 Å². The summed E-state index contributed by atoms with van der Waals surface area (Å²) in [5.74, 6) is 1.57. The highest BCUT2D eigenvalue weighted by Crippen LogP contribution is 2.40. The minimum absolute atomic E-state index is 0.0347. The number of hydrogen-bond donors (Lipinski definition) is 1. The molecular formula is C20H23ClN2O2. The summed E-state index contributed by atoms with van der Waals surface area (Å²) in [5, 5.41) is 7.87. The fraction of sp³-hybridized carbons (Fsp3) is 0.500. The van der Waals surface area contributed by atoms with E-state index in [-0.39, 0.29) is 11.9 Å². The number of amides is 1. The van der Waals surface area contributed by atoms with Gasteiger partial charge in [0.25, 0.3) is 5.91 Å². The number of halogens is 1. The van der Waals surface area contributed by atoms with E-state index in [0.717, 1.165) is 37.0 Å². The Kier molecular flexibility index (Phi) is 4.80. The average molecular weight is 359 g/mol. The molecular weight excluding hydrogens is 336 g/mol. The first-order valence-electron chi connectivity index (χ1n) is 9.23. The largest absolute Gasteiger partial charge is 0.360 e. The van der Waals surface area contributed by atoms with Crippen molar-refractivity contribution in [1.82, 2.24) is 10.5 Å². The van der Waals surface area contributed by atoms with Gasteiger partial charge in [-0.2, -0.15) is 0 Å². The quantitative estimate of drug-likeness (QED) is 0.793. The van der Waals surface area contributed by atoms with Crippen molar-refractivity contribution in [1.29, 1.82) is 0 Å². The molecule has 2 saturated carbocycles. The van der Waals surface area contributed by atoms with Crippen molar-refractivity contribution < 1.29 is 9.32 Å². The fourth-order valence-electron chi connectivity index (χ4n) is 3.81. The lowest BCUT2D eigenvalue weighted by atomic mass is 9.81. The fourth-order valence-corrected chi connectivity index (χ4v) is 4.01. The Bertz CT molecular complexity index is 748. The summed E-state index contributed by atoms with van der Waals surface area (Å²) in [6.45, 7) is 0. The Labute approximate surface area is 152 Å². The summed E-state index contributed by atoms with van der Waals surface area (Å²) in [5.41, 5.74) is 1.45. The molecule has 0 bridgehead atoms. The number of nitrogens with one attached hydrogen (secondary N) is 1. The zero-order chi connectivity index (χ0) is 17.2. The monoisotopic (exact) mass is 358 g/mol. The third-order valence-corrected chi connectivity index (χ3v) is 5.59. The predicted molar refractivity (Wildman–Crippen MR) is 96.7 cm³/mol. The number of aromatic nitrogens is 1. The van der Waals surface area contributed by atoms with Crippen molar-refractivity contribution in [3.8, 4) is 0 Å². The lowest BCUT2D eigenvalue weighted by molar-refractivity contribution is 0.0903. The van der Waals surface area contributed by atoms with Gasteiger partial charge in [0.2, 0.25) is 0 Å². The third-order valence-electron chi connectivity index (χ3n) is 5.36. The van der Waals surface area contributed by atoms with Crippen LogP contribution < -0.4 is 5.32 Å². The molecule has 25 heavy (non-hydrogen) atoms. The van der Waals surface area contributed by atoms with Crippen LogP contribution in [0, 0.1) is 5.92 Å². The number of carbonyl (C=O) groups is 1. The van der Waals surface area contributed by atoms with Crippen LogP contribution in [-0.4, -0.2) is 11.1 Å². The van der Waals surface area contributed by atoms with Gasteiger partial charge in [-0.05, 0) is 49.3 Å². The van der Waals surface area contributed by atoms with Crippen LogP contribution in [0.5, 0.6) is 0 Å². The summed E-state index contributed by atoms with van der Waals surface area (Å²) < 4.78 is 5.33. The Hall–Kier alpha value is -1.81. The molecule has 2 aliphatic carbocycles. The van der Waals surface area contributed by atoms with Crippen molar-refractivity contribution in [3.63, 3.8) is 0 Å². The molecule has 2 aromatic rings. The van der Waals surface area contributed by atoms with Crippen LogP contribution in [0.15, 0.2) is 34.9 Å². The zero-order valence-electron chi connectivity index (χ0n) is 14.2. The Morgan fingerprint density at radius 2 is 1.96 bits per heavy atom. The lowest BCUT2D eigenvalue weighted by Crippen LogP contribution is -2.34. The Morgan fingerprint density at radius 3 is 2.68 bits per heavy atom. The molecule has 2 aliphatic rings. The normalized spacial score (nSPS) is 19.6. The minimum Gasteiger partial charge on any atom is -0.360 e. The highest BCUT2D eigenvalue weighted by atomic mass is 35.5. The molecule has 0 aliphatic heterocycles. The van der Waals surface area contributed by atoms with Gasteiger partial charge in [-0.25, -0.2) is 0 Å². The first-order valence-corrected chi connectivity index (χ1v) is 9.61. The van der Waals surface area contributed by atoms with Crippen molar-refractivity contribution in [2.45, 2.75) is 56.9 Å². The maximum Gasteiger partial charge on any atom is 0.273 e. The maximum absolute atomic E-state index is 12.7. The van der Waals surface area contributed by atoms with E-state index in [4.69, 9.17) is 16.1 Å². The molecule has 1 aromatic carbocycles. The first-order chi connectivity index (χ1) is 12.2. The molecule has 0 saturated heterocycles. The van der Waals surface area contributed by atoms with E-state index in [9.17, 15) is 4.79 Å². The van der Waals surface area contributed by atoms with Crippen LogP contribution in [0.2, 0.25) is 5.02 Å². The van der Waals surface area contributed by atoms with Crippen LogP contribution in [0.3, 0.4) is 0 Å². The van der Waals surface area contributed by atoms with Crippen molar-refractivity contribution >= 4 is 17.5 Å². The van der Waals surface area contributed by atoms with Crippen LogP contribution in [0.4, 0.5) is 0 Å². The highest BCUT2D eigenvalue weighted by Gasteiger charge is 2.31. The first kappa shape index (κ1) is 16.6. The molecule has 1 atom stereocenters. The van der Waals surface area contributed by atoms with Gasteiger partial charge >= 0.3 is 0 Å². The van der Waals surface area contributed by atoms with Crippen LogP contribution in [-0.2, 0) is 0 Å². The molecule has 1 amide bonds. The van der Waals surface area contributed by atoms with Gasteiger partial charge in [0.05, 0.1) is 6.04 Å². The molecule has 5 heteroatoms. The standard InChI is InChI=1S/C20H23ClN2O2/c21-16-8-4-7-15(11-16)19(14-5-2-1-3-6-14)22-20(24)17-12-18(25-23-17)13-9-10-13/h4,7-8,11-14,19H,1-3,5-6,9-10H2,(H,22,24). The molecule has 0 radical (unpaired) electrons. The van der Waals surface area contributed by atoms with Gasteiger partial charge in [-0.3, -0.25) is 4.79 Å². The number of rotatable bonds is 5. The third kappa shape index (κ3) is 3.90. The van der Waals surface area contributed by atoms with Crippen molar-refractivity contribution in [2.24, 2.45) is 5.92 Å². The number of benzene rings is 1. The molecule has 132 valence electrons. The van der Waals surface area contributed by atoms with Gasteiger partial charge in [0.15, 0.2) is 5.69 Å². The van der Waals surface area contributed by atoms with E-state index < -0.39 is 0 Å². The van der Waals surface area contributed by atoms with E-state index in [2.05, 4.69) is 10.5 Å². The van der Waals surface area contributed by atoms with Gasteiger partial charge in [-0.15, -0.1) is 0 Å². The predicted octanol–water partition coefficient (Wildman–Crippen LogP) is 5.26. The smallest absolute Gasteiger partial charge is 0.273 e. The summed E-state index contributed by atoms with van der Waals surface area (Å²) in [4.78, 5) is 12.7. The van der Waals surface area contributed by atoms with E-state index in [0.29, 0.717) is 22.6 Å². The van der Waals surface area contributed by atoms with Gasteiger partial charge in [-0.1, -0.05) is 48.2 Å². The van der Waals surface area contributed by atoms with E-state index in [1.165, 1.54) is 19.3 Å². The average Bonchev–Trinajstić information content (AvgIpc) is 3.37. The maximum atomic E-state index is 12.7. The van der Waals surface area contributed by atoms with Gasteiger partial charge < -0.3 is 9.84 Å². The summed E-state index contributed by atoms with van der Waals surface area (Å²) >= 11 is 6.19. The van der Waals surface area contributed by atoms with E-state index in [1.54, 1.807) is 6.07 Å². The summed E-state index contributed by atoms with van der Waals surface area (Å²) in [6, 6.07) is 9.57. The number of hydrogen-bond acceptors (Lipinski definition) is 3. The van der Waals surface area contributed by atoms with Crippen molar-refractivity contribution in [2.75, 3.05) is 0 Å². The topological polar surface area (TPSA) is 55.1 Å². The Balaban J connectivity index is 1.55. The van der Waals surface area contributed by atoms with Crippen LogP contribution >= 0.6 is 11.6 Å². The lowest BCUT2D eigenvalue weighted by Gasteiger charge is -2.31. The van der Waals surface area contributed by atoms with Crippen molar-refractivity contribution in [3.05, 3.63) is 52.4 Å². The molecule has 1 aromatic heterocycles. The minimum atomic E-state index is -0.161. The molecule has 4 nitrogen and oxygen atoms in total. The summed E-state index contributed by atoms with van der Waals surface area (Å²) in [6.07, 6.45) is 8.22. The Morgan fingerprint density at radius 1 is 1.16 bits per heavy atom. The molecule has 1 unspecified atom stereocenters. The van der Waals surface area contributed by atoms with E-state index in [1.807, 2.05) is 24.3 Å². The number of nitrogens with zero attached hydrogens (tertiary/aromatic N) is 1. The molecule has 1 heterocycles. The molecule has 1 N–H and O–H groups in total. The van der Waals surface area contributed by atoms with E-state index >= 15 is 0 Å². The molecule has 0 spiro atoms. The zero-order valence-corrected chi connectivity index (χ0v) is 15.0. The SMILES string of the molecule is O=C(NC(c1cccc(Cl)c1)C1CCCCC1)c1cc(C2CC2)on1. The van der Waals surface area contributed by atoms with Gasteiger partial charge in [0.1, 0.15) is 5.76 Å². The summed E-state index contributed by atoms with van der Waals surface area (Å²) in [7, 11) is 0. The number of carbonyl (C=O) groups excluding carboxylic acids is 1. The molecule has 4 rings (SSSR count). The second kappa shape index (κ2) is 7.20.